The van der Waals surface area contributed by atoms with Gasteiger partial charge in [0, 0.05) is 18.9 Å². The summed E-state index contributed by atoms with van der Waals surface area (Å²) in [4.78, 5) is 4.02. The maximum atomic E-state index is 4.02. The van der Waals surface area contributed by atoms with E-state index < -0.39 is 0 Å². The molecule has 58 valence electrons. The highest BCUT2D eigenvalue weighted by Gasteiger charge is 1.95. The minimum Gasteiger partial charge on any atom is -0.316 e. The van der Waals surface area contributed by atoms with Gasteiger partial charge in [0.15, 0.2) is 0 Å². The molecular weight excluding hydrogens is 136 g/mol. The van der Waals surface area contributed by atoms with Crippen LogP contribution in [0.25, 0.3) is 6.08 Å². The molecule has 0 atom stereocenters. The van der Waals surface area contributed by atoms with Crippen molar-refractivity contribution >= 4 is 6.08 Å². The van der Waals surface area contributed by atoms with Crippen LogP contribution in [0.1, 0.15) is 11.1 Å². The van der Waals surface area contributed by atoms with Crippen LogP contribution in [0.5, 0.6) is 0 Å². The molecule has 0 aliphatic rings. The summed E-state index contributed by atoms with van der Waals surface area (Å²) < 4.78 is 0. The van der Waals surface area contributed by atoms with E-state index in [9.17, 15) is 0 Å². The van der Waals surface area contributed by atoms with Gasteiger partial charge in [0.25, 0.3) is 0 Å². The van der Waals surface area contributed by atoms with Gasteiger partial charge in [-0.1, -0.05) is 12.7 Å². The number of hydrogen-bond donors (Lipinski definition) is 1. The second-order valence-electron chi connectivity index (χ2n) is 2.31. The average Bonchev–Trinajstić information content (AvgIpc) is 2.06. The van der Waals surface area contributed by atoms with Crippen molar-refractivity contribution in [1.82, 2.24) is 10.3 Å². The highest BCUT2D eigenvalue weighted by atomic mass is 14.8. The summed E-state index contributed by atoms with van der Waals surface area (Å²) in [6.07, 6.45) is 5.47. The highest BCUT2D eigenvalue weighted by molar-refractivity contribution is 5.50. The molecule has 0 saturated carbocycles. The Morgan fingerprint density at radius 2 is 2.55 bits per heavy atom. The van der Waals surface area contributed by atoms with Gasteiger partial charge in [0.1, 0.15) is 0 Å². The van der Waals surface area contributed by atoms with E-state index in [4.69, 9.17) is 0 Å². The van der Waals surface area contributed by atoms with E-state index in [0.29, 0.717) is 0 Å². The fraction of sp³-hybridized carbons (Fsp3) is 0.222. The molecule has 0 radical (unpaired) electrons. The summed E-state index contributed by atoms with van der Waals surface area (Å²) in [6.45, 7) is 4.56. The smallest absolute Gasteiger partial charge is 0.0318 e. The van der Waals surface area contributed by atoms with E-state index in [2.05, 4.69) is 16.9 Å². The first kappa shape index (κ1) is 7.95. The number of nitrogens with one attached hydrogen (secondary N) is 1. The summed E-state index contributed by atoms with van der Waals surface area (Å²) in [6, 6.07) is 1.96. The largest absolute Gasteiger partial charge is 0.316 e. The fourth-order valence-corrected chi connectivity index (χ4v) is 0.975. The van der Waals surface area contributed by atoms with Crippen molar-refractivity contribution in [2.75, 3.05) is 7.05 Å². The standard InChI is InChI=1S/C9H12N2/c1-3-8-4-5-11-7-9(8)6-10-2/h3-5,7,10H,1,6H2,2H3. The van der Waals surface area contributed by atoms with Crippen LogP contribution in [-0.4, -0.2) is 12.0 Å². The summed E-state index contributed by atoms with van der Waals surface area (Å²) in [5.41, 5.74) is 2.33. The molecule has 2 nitrogen and oxygen atoms in total. The minimum absolute atomic E-state index is 0.842. The van der Waals surface area contributed by atoms with Crippen LogP contribution in [0, 0.1) is 0 Å². The molecule has 0 fully saturated rings. The van der Waals surface area contributed by atoms with Gasteiger partial charge in [-0.2, -0.15) is 0 Å². The zero-order valence-corrected chi connectivity index (χ0v) is 6.67. The summed E-state index contributed by atoms with van der Waals surface area (Å²) in [5, 5.41) is 3.07. The first-order chi connectivity index (χ1) is 5.38. The first-order valence-corrected chi connectivity index (χ1v) is 3.58. The summed E-state index contributed by atoms with van der Waals surface area (Å²) >= 11 is 0. The highest BCUT2D eigenvalue weighted by Crippen LogP contribution is 2.06. The van der Waals surface area contributed by atoms with Gasteiger partial charge in [-0.3, -0.25) is 4.98 Å². The Hall–Kier alpha value is -1.15. The molecule has 0 spiro atoms. The van der Waals surface area contributed by atoms with Gasteiger partial charge in [0.2, 0.25) is 0 Å². The SMILES string of the molecule is C=Cc1ccncc1CNC. The minimum atomic E-state index is 0.842. The van der Waals surface area contributed by atoms with Gasteiger partial charge in [-0.15, -0.1) is 0 Å². The predicted octanol–water partition coefficient (Wildman–Crippen LogP) is 1.44. The maximum Gasteiger partial charge on any atom is 0.0318 e. The lowest BCUT2D eigenvalue weighted by molar-refractivity contribution is 0.811. The Morgan fingerprint density at radius 3 is 3.18 bits per heavy atom. The lowest BCUT2D eigenvalue weighted by Gasteiger charge is -2.02. The zero-order chi connectivity index (χ0) is 8.10. The zero-order valence-electron chi connectivity index (χ0n) is 6.67. The number of rotatable bonds is 3. The lowest BCUT2D eigenvalue weighted by atomic mass is 10.1. The van der Waals surface area contributed by atoms with Crippen molar-refractivity contribution in [3.05, 3.63) is 36.2 Å². The van der Waals surface area contributed by atoms with Crippen LogP contribution in [0.15, 0.2) is 25.0 Å². The molecule has 1 N–H and O–H groups in total. The van der Waals surface area contributed by atoms with Crippen molar-refractivity contribution in [3.63, 3.8) is 0 Å². The molecule has 2 heteroatoms. The third-order valence-electron chi connectivity index (χ3n) is 1.53. The second kappa shape index (κ2) is 3.88. The average molecular weight is 148 g/mol. The van der Waals surface area contributed by atoms with Crippen LogP contribution < -0.4 is 5.32 Å². The summed E-state index contributed by atoms with van der Waals surface area (Å²) in [7, 11) is 1.92. The van der Waals surface area contributed by atoms with Crippen LogP contribution in [0.2, 0.25) is 0 Å². The topological polar surface area (TPSA) is 24.9 Å². The summed E-state index contributed by atoms with van der Waals surface area (Å²) in [5.74, 6) is 0. The number of nitrogens with zero attached hydrogens (tertiary/aromatic N) is 1. The Morgan fingerprint density at radius 1 is 1.73 bits per heavy atom. The molecule has 1 aromatic rings. The van der Waals surface area contributed by atoms with Crippen molar-refractivity contribution in [3.8, 4) is 0 Å². The quantitative estimate of drug-likeness (QED) is 0.701. The van der Waals surface area contributed by atoms with Gasteiger partial charge in [-0.25, -0.2) is 0 Å². The fourth-order valence-electron chi connectivity index (χ4n) is 0.975. The van der Waals surface area contributed by atoms with E-state index in [1.54, 1.807) is 6.20 Å². The van der Waals surface area contributed by atoms with E-state index >= 15 is 0 Å². The third kappa shape index (κ3) is 1.88. The Kier molecular flexibility index (Phi) is 2.81. The van der Waals surface area contributed by atoms with Crippen molar-refractivity contribution < 1.29 is 0 Å². The van der Waals surface area contributed by atoms with Crippen LogP contribution in [-0.2, 0) is 6.54 Å². The van der Waals surface area contributed by atoms with Gasteiger partial charge < -0.3 is 5.32 Å². The second-order valence-corrected chi connectivity index (χ2v) is 2.31. The molecule has 0 saturated heterocycles. The van der Waals surface area contributed by atoms with Gasteiger partial charge >= 0.3 is 0 Å². The molecule has 1 heterocycles. The molecule has 1 rings (SSSR count). The van der Waals surface area contributed by atoms with Crippen molar-refractivity contribution in [2.45, 2.75) is 6.54 Å². The lowest BCUT2D eigenvalue weighted by Crippen LogP contribution is -2.06. The normalized spacial score (nSPS) is 9.55. The molecule has 0 unspecified atom stereocenters. The molecule has 0 aliphatic carbocycles. The van der Waals surface area contributed by atoms with E-state index in [-0.39, 0.29) is 0 Å². The molecule has 0 aliphatic heterocycles. The van der Waals surface area contributed by atoms with E-state index in [1.165, 1.54) is 5.56 Å². The monoisotopic (exact) mass is 148 g/mol. The Balaban J connectivity index is 2.92. The van der Waals surface area contributed by atoms with Crippen LogP contribution in [0.3, 0.4) is 0 Å². The number of aromatic nitrogens is 1. The first-order valence-electron chi connectivity index (χ1n) is 3.58. The number of hydrogen-bond acceptors (Lipinski definition) is 2. The maximum absolute atomic E-state index is 4.02. The molecule has 11 heavy (non-hydrogen) atoms. The molecule has 0 aromatic carbocycles. The van der Waals surface area contributed by atoms with Crippen molar-refractivity contribution in [2.24, 2.45) is 0 Å². The van der Waals surface area contributed by atoms with Crippen molar-refractivity contribution in [1.29, 1.82) is 0 Å². The van der Waals surface area contributed by atoms with E-state index in [1.807, 2.05) is 25.4 Å². The Labute approximate surface area is 67.0 Å². The molecule has 1 aromatic heterocycles. The Bertz CT molecular complexity index is 243. The van der Waals surface area contributed by atoms with Gasteiger partial charge in [-0.05, 0) is 24.2 Å². The van der Waals surface area contributed by atoms with Crippen LogP contribution >= 0.6 is 0 Å². The van der Waals surface area contributed by atoms with Crippen LogP contribution in [0.4, 0.5) is 0 Å². The van der Waals surface area contributed by atoms with Gasteiger partial charge in [0.05, 0.1) is 0 Å². The predicted molar refractivity (Wildman–Crippen MR) is 47.1 cm³/mol. The molecule has 0 amide bonds. The molecular formula is C9H12N2. The van der Waals surface area contributed by atoms with E-state index in [0.717, 1.165) is 12.1 Å². The third-order valence-corrected chi connectivity index (χ3v) is 1.53. The molecule has 0 bridgehead atoms. The number of pyridine rings is 1.